The summed E-state index contributed by atoms with van der Waals surface area (Å²) in [4.78, 5) is 30.6. The van der Waals surface area contributed by atoms with Gasteiger partial charge in [-0.3, -0.25) is 4.79 Å². The van der Waals surface area contributed by atoms with Crippen molar-refractivity contribution in [1.29, 1.82) is 0 Å². The molecule has 0 spiro atoms. The van der Waals surface area contributed by atoms with Crippen LogP contribution in [0.25, 0.3) is 31.9 Å². The van der Waals surface area contributed by atoms with Crippen LogP contribution in [-0.2, 0) is 22.5 Å². The number of amides is 3. The molecule has 0 radical (unpaired) electrons. The molecule has 4 aromatic rings. The standard InChI is InChI=1S/C28H32N6O3S2/c1-29-28(36)32-19-6-3-17(4-7-19)18-5-8-21-22(15-18)38-26(33-21)25-20-9-11-31-16-23(20)39-27(25)34-24(35)10-12-30-13-14-37-2/h3-8,15,30-31H,9-14,16H2,1-2H3,(H,34,35)(H2,29,32,36). The summed E-state index contributed by atoms with van der Waals surface area (Å²) >= 11 is 3.30. The summed E-state index contributed by atoms with van der Waals surface area (Å²) in [5.74, 6) is -0.00882. The van der Waals surface area contributed by atoms with Gasteiger partial charge < -0.3 is 31.3 Å². The summed E-state index contributed by atoms with van der Waals surface area (Å²) in [5, 5.41) is 17.0. The molecule has 3 amide bonds. The molecular formula is C28H32N6O3S2. The number of methoxy groups -OCH3 is 1. The Hall–Kier alpha value is -3.35. The number of hydrogen-bond donors (Lipinski definition) is 5. The quantitative estimate of drug-likeness (QED) is 0.179. The van der Waals surface area contributed by atoms with Gasteiger partial charge in [-0.1, -0.05) is 18.2 Å². The fraction of sp³-hybridized carbons (Fsp3) is 0.321. The number of thiazole rings is 1. The van der Waals surface area contributed by atoms with E-state index in [1.807, 2.05) is 30.3 Å². The van der Waals surface area contributed by atoms with E-state index in [0.29, 0.717) is 19.6 Å². The predicted molar refractivity (Wildman–Crippen MR) is 160 cm³/mol. The van der Waals surface area contributed by atoms with Crippen LogP contribution in [0.15, 0.2) is 42.5 Å². The zero-order chi connectivity index (χ0) is 27.2. The van der Waals surface area contributed by atoms with E-state index in [4.69, 9.17) is 9.72 Å². The van der Waals surface area contributed by atoms with Crippen LogP contribution >= 0.6 is 22.7 Å². The molecule has 1 aliphatic rings. The van der Waals surface area contributed by atoms with E-state index < -0.39 is 0 Å². The van der Waals surface area contributed by atoms with Crippen molar-refractivity contribution in [1.82, 2.24) is 20.9 Å². The number of thiophene rings is 1. The van der Waals surface area contributed by atoms with Gasteiger partial charge in [0.25, 0.3) is 0 Å². The smallest absolute Gasteiger partial charge is 0.318 e. The van der Waals surface area contributed by atoms with Gasteiger partial charge in [0.05, 0.1) is 16.8 Å². The Morgan fingerprint density at radius 2 is 1.87 bits per heavy atom. The van der Waals surface area contributed by atoms with E-state index in [9.17, 15) is 9.59 Å². The Morgan fingerprint density at radius 3 is 2.67 bits per heavy atom. The van der Waals surface area contributed by atoms with Crippen molar-refractivity contribution in [2.75, 3.05) is 51.0 Å². The van der Waals surface area contributed by atoms with Crippen LogP contribution in [0.5, 0.6) is 0 Å². The van der Waals surface area contributed by atoms with E-state index in [-0.39, 0.29) is 11.9 Å². The van der Waals surface area contributed by atoms with E-state index in [1.165, 1.54) is 10.4 Å². The summed E-state index contributed by atoms with van der Waals surface area (Å²) in [5.41, 5.74) is 6.15. The van der Waals surface area contributed by atoms with Crippen molar-refractivity contribution < 1.29 is 14.3 Å². The highest BCUT2D eigenvalue weighted by atomic mass is 32.1. The Morgan fingerprint density at radius 1 is 1.05 bits per heavy atom. The molecule has 2 aromatic carbocycles. The number of ether oxygens (including phenoxy) is 1. The minimum Gasteiger partial charge on any atom is -0.383 e. The molecule has 0 aliphatic carbocycles. The monoisotopic (exact) mass is 564 g/mol. The Kier molecular flexibility index (Phi) is 8.84. The highest BCUT2D eigenvalue weighted by molar-refractivity contribution is 7.23. The largest absolute Gasteiger partial charge is 0.383 e. The Balaban J connectivity index is 1.39. The third-order valence-electron chi connectivity index (χ3n) is 6.50. The summed E-state index contributed by atoms with van der Waals surface area (Å²) in [6.07, 6.45) is 1.30. The number of anilines is 2. The van der Waals surface area contributed by atoms with E-state index in [1.54, 1.807) is 36.8 Å². The lowest BCUT2D eigenvalue weighted by Crippen LogP contribution is -2.24. The molecule has 0 fully saturated rings. The molecular weight excluding hydrogens is 532 g/mol. The maximum absolute atomic E-state index is 12.8. The number of aromatic nitrogens is 1. The van der Waals surface area contributed by atoms with Gasteiger partial charge in [0.15, 0.2) is 0 Å². The molecule has 9 nitrogen and oxygen atoms in total. The second-order valence-electron chi connectivity index (χ2n) is 9.16. The van der Waals surface area contributed by atoms with Crippen molar-refractivity contribution in [2.24, 2.45) is 0 Å². The average Bonchev–Trinajstić information content (AvgIpc) is 3.53. The molecule has 5 rings (SSSR count). The normalized spacial score (nSPS) is 12.8. The van der Waals surface area contributed by atoms with Crippen molar-refractivity contribution in [3.63, 3.8) is 0 Å². The first-order valence-corrected chi connectivity index (χ1v) is 14.5. The summed E-state index contributed by atoms with van der Waals surface area (Å²) in [7, 11) is 3.25. The number of carbonyl (C=O) groups is 2. The van der Waals surface area contributed by atoms with Crippen molar-refractivity contribution in [3.8, 4) is 21.7 Å². The highest BCUT2D eigenvalue weighted by Crippen LogP contribution is 2.45. The van der Waals surface area contributed by atoms with Crippen molar-refractivity contribution in [3.05, 3.63) is 52.9 Å². The molecule has 1 aliphatic heterocycles. The van der Waals surface area contributed by atoms with Crippen LogP contribution in [0.3, 0.4) is 0 Å². The lowest BCUT2D eigenvalue weighted by Gasteiger charge is -2.13. The third kappa shape index (κ3) is 6.45. The molecule has 0 atom stereocenters. The number of fused-ring (bicyclic) bond motifs is 2. The SMILES string of the molecule is CNC(=O)Nc1ccc(-c2ccc3nc(-c4c(NC(=O)CCNCCOC)sc5c4CCNC5)sc3c2)cc1. The fourth-order valence-corrected chi connectivity index (χ4v) is 6.87. The number of urea groups is 1. The fourth-order valence-electron chi connectivity index (χ4n) is 4.49. The molecule has 5 N–H and O–H groups in total. The second kappa shape index (κ2) is 12.7. The molecule has 3 heterocycles. The van der Waals surface area contributed by atoms with Gasteiger partial charge in [-0.2, -0.15) is 0 Å². The molecule has 0 saturated carbocycles. The van der Waals surface area contributed by atoms with E-state index in [2.05, 4.69) is 38.7 Å². The zero-order valence-corrected chi connectivity index (χ0v) is 23.6. The van der Waals surface area contributed by atoms with Crippen molar-refractivity contribution in [2.45, 2.75) is 19.4 Å². The van der Waals surface area contributed by atoms with Gasteiger partial charge in [-0.15, -0.1) is 22.7 Å². The Labute approximate surface area is 235 Å². The number of nitrogens with one attached hydrogen (secondary N) is 5. The highest BCUT2D eigenvalue weighted by Gasteiger charge is 2.25. The lowest BCUT2D eigenvalue weighted by molar-refractivity contribution is -0.116. The maximum Gasteiger partial charge on any atom is 0.318 e. The second-order valence-corrected chi connectivity index (χ2v) is 11.3. The molecule has 11 heteroatoms. The van der Waals surface area contributed by atoms with Gasteiger partial charge in [-0.05, 0) is 53.9 Å². The first kappa shape index (κ1) is 27.2. The lowest BCUT2D eigenvalue weighted by atomic mass is 10.0. The summed E-state index contributed by atoms with van der Waals surface area (Å²) in [6.45, 7) is 3.66. The zero-order valence-electron chi connectivity index (χ0n) is 22.0. The maximum atomic E-state index is 12.8. The summed E-state index contributed by atoms with van der Waals surface area (Å²) < 4.78 is 6.13. The predicted octanol–water partition coefficient (Wildman–Crippen LogP) is 4.65. The Bertz CT molecular complexity index is 1460. The van der Waals surface area contributed by atoms with Crippen molar-refractivity contribution >= 4 is 55.5 Å². The number of hydrogen-bond acceptors (Lipinski definition) is 8. The minimum absolute atomic E-state index is 0.00882. The number of benzene rings is 2. The van der Waals surface area contributed by atoms with Crippen LogP contribution in [0.1, 0.15) is 16.9 Å². The topological polar surface area (TPSA) is 116 Å². The minimum atomic E-state index is -0.248. The van der Waals surface area contributed by atoms with Crippen LogP contribution in [0.2, 0.25) is 0 Å². The molecule has 39 heavy (non-hydrogen) atoms. The van der Waals surface area contributed by atoms with Crippen LogP contribution in [-0.4, -0.2) is 57.3 Å². The number of carbonyl (C=O) groups excluding carboxylic acids is 2. The molecule has 204 valence electrons. The molecule has 0 saturated heterocycles. The number of nitrogens with zero attached hydrogens (tertiary/aromatic N) is 1. The molecule has 2 aromatic heterocycles. The molecule has 0 bridgehead atoms. The van der Waals surface area contributed by atoms with Crippen LogP contribution < -0.4 is 26.6 Å². The average molecular weight is 565 g/mol. The first-order valence-electron chi connectivity index (χ1n) is 12.9. The van der Waals surface area contributed by atoms with Gasteiger partial charge >= 0.3 is 6.03 Å². The van der Waals surface area contributed by atoms with Crippen LogP contribution in [0.4, 0.5) is 15.5 Å². The van der Waals surface area contributed by atoms with Gasteiger partial charge in [0.2, 0.25) is 5.91 Å². The first-order chi connectivity index (χ1) is 19.1. The summed E-state index contributed by atoms with van der Waals surface area (Å²) in [6, 6.07) is 13.8. The molecule has 0 unspecified atom stereocenters. The van der Waals surface area contributed by atoms with E-state index in [0.717, 1.165) is 68.7 Å². The van der Waals surface area contributed by atoms with Gasteiger partial charge in [-0.25, -0.2) is 9.78 Å². The van der Waals surface area contributed by atoms with E-state index >= 15 is 0 Å². The number of rotatable bonds is 10. The third-order valence-corrected chi connectivity index (χ3v) is 8.68. The van der Waals surface area contributed by atoms with Gasteiger partial charge in [0, 0.05) is 56.3 Å². The van der Waals surface area contributed by atoms with Gasteiger partial charge in [0.1, 0.15) is 10.0 Å². The van der Waals surface area contributed by atoms with Crippen LogP contribution in [0, 0.1) is 0 Å².